The minimum atomic E-state index is -0.112. The van der Waals surface area contributed by atoms with E-state index in [4.69, 9.17) is 11.6 Å². The van der Waals surface area contributed by atoms with Crippen molar-refractivity contribution in [1.29, 1.82) is 0 Å². The van der Waals surface area contributed by atoms with Crippen molar-refractivity contribution in [3.05, 3.63) is 64.8 Å². The van der Waals surface area contributed by atoms with Crippen molar-refractivity contribution >= 4 is 28.3 Å². The van der Waals surface area contributed by atoms with Gasteiger partial charge in [0.15, 0.2) is 0 Å². The van der Waals surface area contributed by atoms with E-state index >= 15 is 0 Å². The number of carbonyl (C=O) groups is 1. The molecule has 0 aliphatic heterocycles. The molecule has 94 valence electrons. The van der Waals surface area contributed by atoms with E-state index in [1.54, 1.807) is 28.9 Å². The molecule has 0 fully saturated rings. The predicted octanol–water partition coefficient (Wildman–Crippen LogP) is 3.46. The number of halogens is 1. The van der Waals surface area contributed by atoms with Crippen LogP contribution in [0.4, 0.5) is 0 Å². The topological polar surface area (TPSA) is 34.9 Å². The summed E-state index contributed by atoms with van der Waals surface area (Å²) in [5.41, 5.74) is 1.95. The summed E-state index contributed by atoms with van der Waals surface area (Å²) in [7, 11) is 1.83. The first-order valence-electron chi connectivity index (χ1n) is 5.89. The third kappa shape index (κ3) is 2.02. The summed E-state index contributed by atoms with van der Waals surface area (Å²) < 4.78 is 1.72. The normalized spacial score (nSPS) is 10.8. The molecule has 3 nitrogen and oxygen atoms in total. The van der Waals surface area contributed by atoms with Crippen LogP contribution in [0.15, 0.2) is 48.5 Å². The quantitative estimate of drug-likeness (QED) is 0.669. The van der Waals surface area contributed by atoms with E-state index in [1.165, 1.54) is 0 Å². The molecule has 0 atom stereocenters. The lowest BCUT2D eigenvalue weighted by molar-refractivity contribution is 0.103. The molecule has 3 rings (SSSR count). The van der Waals surface area contributed by atoms with Gasteiger partial charge in [-0.25, -0.2) is 0 Å². The number of ketones is 1. The SMILES string of the molecule is Cn1nc(C(=O)c2cccc(Cl)c2)c2ccccc21. The molecule has 0 unspecified atom stereocenters. The Hall–Kier alpha value is -2.13. The summed E-state index contributed by atoms with van der Waals surface area (Å²) in [6.07, 6.45) is 0. The Bertz CT molecular complexity index is 777. The zero-order valence-corrected chi connectivity index (χ0v) is 11.1. The van der Waals surface area contributed by atoms with E-state index in [0.717, 1.165) is 10.9 Å². The Balaban J connectivity index is 2.17. The molecule has 0 radical (unpaired) electrons. The molecule has 0 aliphatic carbocycles. The highest BCUT2D eigenvalue weighted by molar-refractivity contribution is 6.31. The molecule has 2 aromatic carbocycles. The molecule has 1 aromatic heterocycles. The molecule has 0 saturated carbocycles. The molecule has 0 aliphatic rings. The summed E-state index contributed by atoms with van der Waals surface area (Å²) in [5, 5.41) is 5.72. The predicted molar refractivity (Wildman–Crippen MR) is 75.6 cm³/mol. The highest BCUT2D eigenvalue weighted by Crippen LogP contribution is 2.21. The fourth-order valence-electron chi connectivity index (χ4n) is 2.15. The number of para-hydroxylation sites is 1. The zero-order chi connectivity index (χ0) is 13.4. The lowest BCUT2D eigenvalue weighted by Crippen LogP contribution is -2.03. The Morgan fingerprint density at radius 2 is 1.95 bits per heavy atom. The lowest BCUT2D eigenvalue weighted by atomic mass is 10.1. The van der Waals surface area contributed by atoms with Gasteiger partial charge in [-0.15, -0.1) is 0 Å². The average molecular weight is 271 g/mol. The lowest BCUT2D eigenvalue weighted by Gasteiger charge is -1.98. The van der Waals surface area contributed by atoms with Crippen molar-refractivity contribution in [2.75, 3.05) is 0 Å². The molecular weight excluding hydrogens is 260 g/mol. The van der Waals surface area contributed by atoms with Crippen LogP contribution in [-0.4, -0.2) is 15.6 Å². The second-order valence-corrected chi connectivity index (χ2v) is 4.77. The molecule has 3 aromatic rings. The highest BCUT2D eigenvalue weighted by atomic mass is 35.5. The zero-order valence-electron chi connectivity index (χ0n) is 10.3. The minimum Gasteiger partial charge on any atom is -0.287 e. The van der Waals surface area contributed by atoms with Gasteiger partial charge in [0.1, 0.15) is 5.69 Å². The number of hydrogen-bond donors (Lipinski definition) is 0. The third-order valence-electron chi connectivity index (χ3n) is 3.06. The Kier molecular flexibility index (Phi) is 2.84. The van der Waals surface area contributed by atoms with Crippen molar-refractivity contribution in [3.63, 3.8) is 0 Å². The summed E-state index contributed by atoms with van der Waals surface area (Å²) in [6.45, 7) is 0. The van der Waals surface area contributed by atoms with Crippen LogP contribution in [0.3, 0.4) is 0 Å². The molecule has 0 N–H and O–H groups in total. The summed E-state index contributed by atoms with van der Waals surface area (Å²) >= 11 is 5.92. The van der Waals surface area contributed by atoms with Gasteiger partial charge in [0.2, 0.25) is 5.78 Å². The van der Waals surface area contributed by atoms with Crippen LogP contribution < -0.4 is 0 Å². The molecular formula is C15H11ClN2O. The van der Waals surface area contributed by atoms with Crippen LogP contribution in [0.2, 0.25) is 5.02 Å². The van der Waals surface area contributed by atoms with Gasteiger partial charge >= 0.3 is 0 Å². The van der Waals surface area contributed by atoms with Gasteiger partial charge in [-0.1, -0.05) is 41.9 Å². The van der Waals surface area contributed by atoms with Crippen LogP contribution in [-0.2, 0) is 7.05 Å². The van der Waals surface area contributed by atoms with E-state index < -0.39 is 0 Å². The maximum absolute atomic E-state index is 12.5. The first kappa shape index (κ1) is 11.9. The highest BCUT2D eigenvalue weighted by Gasteiger charge is 2.17. The number of aryl methyl sites for hydroxylation is 1. The van der Waals surface area contributed by atoms with Crippen LogP contribution in [0, 0.1) is 0 Å². The monoisotopic (exact) mass is 270 g/mol. The number of nitrogens with zero attached hydrogens (tertiary/aromatic N) is 2. The van der Waals surface area contributed by atoms with Gasteiger partial charge in [0.25, 0.3) is 0 Å². The minimum absolute atomic E-state index is 0.112. The van der Waals surface area contributed by atoms with Crippen molar-refractivity contribution in [2.45, 2.75) is 0 Å². The first-order valence-corrected chi connectivity index (χ1v) is 6.26. The van der Waals surface area contributed by atoms with E-state index in [0.29, 0.717) is 16.3 Å². The average Bonchev–Trinajstić information content (AvgIpc) is 2.76. The molecule has 19 heavy (non-hydrogen) atoms. The molecule has 0 spiro atoms. The smallest absolute Gasteiger partial charge is 0.213 e. The summed E-state index contributed by atoms with van der Waals surface area (Å²) in [4.78, 5) is 12.5. The van der Waals surface area contributed by atoms with Crippen LogP contribution in [0.25, 0.3) is 10.9 Å². The number of aromatic nitrogens is 2. The maximum atomic E-state index is 12.5. The van der Waals surface area contributed by atoms with Crippen molar-refractivity contribution in [3.8, 4) is 0 Å². The number of benzene rings is 2. The summed E-state index contributed by atoms with van der Waals surface area (Å²) in [5.74, 6) is -0.112. The molecule has 4 heteroatoms. The number of hydrogen-bond acceptors (Lipinski definition) is 2. The van der Waals surface area contributed by atoms with Crippen LogP contribution >= 0.6 is 11.6 Å². The maximum Gasteiger partial charge on any atom is 0.213 e. The second-order valence-electron chi connectivity index (χ2n) is 4.33. The van der Waals surface area contributed by atoms with E-state index in [-0.39, 0.29) is 5.78 Å². The number of fused-ring (bicyclic) bond motifs is 1. The largest absolute Gasteiger partial charge is 0.287 e. The van der Waals surface area contributed by atoms with Gasteiger partial charge in [-0.2, -0.15) is 5.10 Å². The van der Waals surface area contributed by atoms with Crippen LogP contribution in [0.1, 0.15) is 16.1 Å². The Morgan fingerprint density at radius 1 is 1.16 bits per heavy atom. The molecule has 0 saturated heterocycles. The van der Waals surface area contributed by atoms with Gasteiger partial charge in [0.05, 0.1) is 5.52 Å². The summed E-state index contributed by atoms with van der Waals surface area (Å²) in [6, 6.07) is 14.6. The van der Waals surface area contributed by atoms with Gasteiger partial charge in [0, 0.05) is 23.0 Å². The number of carbonyl (C=O) groups excluding carboxylic acids is 1. The van der Waals surface area contributed by atoms with E-state index in [9.17, 15) is 4.79 Å². The van der Waals surface area contributed by atoms with Crippen LogP contribution in [0.5, 0.6) is 0 Å². The van der Waals surface area contributed by atoms with Gasteiger partial charge < -0.3 is 0 Å². The van der Waals surface area contributed by atoms with E-state index in [1.807, 2.05) is 31.3 Å². The molecule has 1 heterocycles. The second kappa shape index (κ2) is 4.52. The van der Waals surface area contributed by atoms with Gasteiger partial charge in [-0.05, 0) is 18.2 Å². The Labute approximate surface area is 115 Å². The standard InChI is InChI=1S/C15H11ClN2O/c1-18-13-8-3-2-7-12(13)14(17-18)15(19)10-5-4-6-11(16)9-10/h2-9H,1H3. The fraction of sp³-hybridized carbons (Fsp3) is 0.0667. The Morgan fingerprint density at radius 3 is 2.74 bits per heavy atom. The molecule has 0 amide bonds. The van der Waals surface area contributed by atoms with Gasteiger partial charge in [-0.3, -0.25) is 9.48 Å². The van der Waals surface area contributed by atoms with Crippen molar-refractivity contribution in [1.82, 2.24) is 9.78 Å². The third-order valence-corrected chi connectivity index (χ3v) is 3.29. The number of rotatable bonds is 2. The van der Waals surface area contributed by atoms with Crippen molar-refractivity contribution < 1.29 is 4.79 Å². The van der Waals surface area contributed by atoms with E-state index in [2.05, 4.69) is 5.10 Å². The first-order chi connectivity index (χ1) is 9.16. The van der Waals surface area contributed by atoms with Crippen molar-refractivity contribution in [2.24, 2.45) is 7.05 Å². The molecule has 0 bridgehead atoms. The fourth-order valence-corrected chi connectivity index (χ4v) is 2.34.